The first kappa shape index (κ1) is 11.0. The third-order valence-electron chi connectivity index (χ3n) is 2.80. The van der Waals surface area contributed by atoms with Crippen molar-refractivity contribution in [1.29, 1.82) is 0 Å². The summed E-state index contributed by atoms with van der Waals surface area (Å²) in [6, 6.07) is 7.77. The molecule has 1 aromatic rings. The number of para-hydroxylation sites is 1. The number of β-amino-alcohol motifs (C(OH)–C–C–N with tert-alkyl or cyclic N) is 1. The molecule has 4 heteroatoms. The van der Waals surface area contributed by atoms with Crippen LogP contribution in [0.4, 0.5) is 5.69 Å². The van der Waals surface area contributed by atoms with Gasteiger partial charge in [-0.05, 0) is 18.1 Å². The lowest BCUT2D eigenvalue weighted by molar-refractivity contribution is -0.136. The maximum absolute atomic E-state index is 10.5. The van der Waals surface area contributed by atoms with Gasteiger partial charge in [-0.25, -0.2) is 0 Å². The molecule has 1 fully saturated rings. The van der Waals surface area contributed by atoms with E-state index in [2.05, 4.69) is 4.90 Å². The van der Waals surface area contributed by atoms with Crippen LogP contribution in [0.15, 0.2) is 24.3 Å². The van der Waals surface area contributed by atoms with Crippen molar-refractivity contribution < 1.29 is 15.0 Å². The summed E-state index contributed by atoms with van der Waals surface area (Å²) < 4.78 is 0. The fourth-order valence-electron chi connectivity index (χ4n) is 1.92. The zero-order valence-corrected chi connectivity index (χ0v) is 8.97. The Morgan fingerprint density at radius 1 is 1.38 bits per heavy atom. The maximum Gasteiger partial charge on any atom is 0.303 e. The molecule has 0 saturated carbocycles. The maximum atomic E-state index is 10.5. The molecule has 0 aromatic heterocycles. The number of nitrogens with zero attached hydrogens (tertiary/aromatic N) is 1. The van der Waals surface area contributed by atoms with Crippen molar-refractivity contribution in [3.05, 3.63) is 29.8 Å². The summed E-state index contributed by atoms with van der Waals surface area (Å²) in [7, 11) is 0. The van der Waals surface area contributed by atoms with E-state index in [9.17, 15) is 9.90 Å². The minimum atomic E-state index is -0.779. The zero-order chi connectivity index (χ0) is 11.5. The first-order chi connectivity index (χ1) is 7.66. The molecule has 1 aliphatic rings. The molecular formula is C12H15NO3. The molecule has 0 atom stereocenters. The quantitative estimate of drug-likeness (QED) is 0.792. The summed E-state index contributed by atoms with van der Waals surface area (Å²) in [5, 5.41) is 17.9. The number of carbonyl (C=O) groups is 1. The number of benzene rings is 1. The molecule has 86 valence electrons. The molecule has 0 bridgehead atoms. The van der Waals surface area contributed by atoms with Crippen LogP contribution in [0.25, 0.3) is 0 Å². The van der Waals surface area contributed by atoms with Gasteiger partial charge in [-0.3, -0.25) is 4.79 Å². The number of rotatable bonds is 4. The predicted molar refractivity (Wildman–Crippen MR) is 60.6 cm³/mol. The zero-order valence-electron chi connectivity index (χ0n) is 8.97. The second kappa shape index (κ2) is 4.53. The molecule has 2 N–H and O–H groups in total. The van der Waals surface area contributed by atoms with Crippen LogP contribution in [0.1, 0.15) is 12.0 Å². The number of anilines is 1. The summed E-state index contributed by atoms with van der Waals surface area (Å²) >= 11 is 0. The van der Waals surface area contributed by atoms with Gasteiger partial charge in [0, 0.05) is 25.2 Å². The van der Waals surface area contributed by atoms with Crippen LogP contribution in [0.2, 0.25) is 0 Å². The van der Waals surface area contributed by atoms with Gasteiger partial charge in [-0.15, -0.1) is 0 Å². The highest BCUT2D eigenvalue weighted by atomic mass is 16.4. The van der Waals surface area contributed by atoms with Gasteiger partial charge >= 0.3 is 5.97 Å². The summed E-state index contributed by atoms with van der Waals surface area (Å²) in [6.07, 6.45) is 0.443. The number of aliphatic hydroxyl groups is 1. The monoisotopic (exact) mass is 221 g/mol. The Hall–Kier alpha value is -1.55. The van der Waals surface area contributed by atoms with Crippen molar-refractivity contribution in [2.45, 2.75) is 18.9 Å². The minimum absolute atomic E-state index is 0.146. The van der Waals surface area contributed by atoms with Crippen LogP contribution >= 0.6 is 0 Å². The highest BCUT2D eigenvalue weighted by Gasteiger charge is 2.25. The lowest BCUT2D eigenvalue weighted by Crippen LogP contribution is -2.51. The number of hydrogen-bond acceptors (Lipinski definition) is 3. The Kier molecular flexibility index (Phi) is 3.10. The fourth-order valence-corrected chi connectivity index (χ4v) is 1.92. The van der Waals surface area contributed by atoms with Gasteiger partial charge in [0.1, 0.15) is 0 Å². The molecule has 0 radical (unpaired) electrons. The molecule has 1 aromatic carbocycles. The topological polar surface area (TPSA) is 60.8 Å². The fraction of sp³-hybridized carbons (Fsp3) is 0.417. The number of carboxylic acids is 1. The van der Waals surface area contributed by atoms with Gasteiger partial charge in [0.15, 0.2) is 0 Å². The molecule has 2 rings (SSSR count). The lowest BCUT2D eigenvalue weighted by atomic mass is 10.0. The van der Waals surface area contributed by atoms with Crippen LogP contribution in [0.5, 0.6) is 0 Å². The summed E-state index contributed by atoms with van der Waals surface area (Å²) in [5.74, 6) is -0.779. The Labute approximate surface area is 94.1 Å². The van der Waals surface area contributed by atoms with Crippen molar-refractivity contribution in [2.75, 3.05) is 18.0 Å². The van der Waals surface area contributed by atoms with E-state index in [1.807, 2.05) is 24.3 Å². The molecule has 1 aliphatic heterocycles. The molecule has 1 heterocycles. The van der Waals surface area contributed by atoms with Crippen LogP contribution in [0.3, 0.4) is 0 Å². The molecule has 0 aliphatic carbocycles. The van der Waals surface area contributed by atoms with Crippen LogP contribution in [0, 0.1) is 0 Å². The molecule has 16 heavy (non-hydrogen) atoms. The Morgan fingerprint density at radius 3 is 2.69 bits per heavy atom. The van der Waals surface area contributed by atoms with E-state index in [-0.39, 0.29) is 12.5 Å². The smallest absolute Gasteiger partial charge is 0.303 e. The summed E-state index contributed by atoms with van der Waals surface area (Å²) in [4.78, 5) is 12.6. The molecule has 0 unspecified atom stereocenters. The normalized spacial score (nSPS) is 15.9. The summed E-state index contributed by atoms with van der Waals surface area (Å²) in [6.45, 7) is 1.29. The minimum Gasteiger partial charge on any atom is -0.481 e. The molecular weight excluding hydrogens is 206 g/mol. The summed E-state index contributed by atoms with van der Waals surface area (Å²) in [5.41, 5.74) is 2.09. The van der Waals surface area contributed by atoms with E-state index in [1.54, 1.807) is 0 Å². The Bertz CT molecular complexity index is 386. The van der Waals surface area contributed by atoms with Crippen LogP contribution in [-0.2, 0) is 11.2 Å². The highest BCUT2D eigenvalue weighted by Crippen LogP contribution is 2.26. The first-order valence-corrected chi connectivity index (χ1v) is 5.39. The van der Waals surface area contributed by atoms with E-state index < -0.39 is 5.97 Å². The average Bonchev–Trinajstić information content (AvgIpc) is 2.22. The van der Waals surface area contributed by atoms with Crippen molar-refractivity contribution in [2.24, 2.45) is 0 Å². The lowest BCUT2D eigenvalue weighted by Gasteiger charge is -2.39. The van der Waals surface area contributed by atoms with Gasteiger partial charge < -0.3 is 15.1 Å². The molecule has 0 amide bonds. The molecule has 4 nitrogen and oxygen atoms in total. The predicted octanol–water partition coefficient (Wildman–Crippen LogP) is 0.885. The van der Waals surface area contributed by atoms with E-state index in [0.717, 1.165) is 11.3 Å². The number of hydrogen-bond donors (Lipinski definition) is 2. The average molecular weight is 221 g/mol. The number of aliphatic carboxylic acids is 1. The number of aliphatic hydroxyl groups excluding tert-OH is 1. The van der Waals surface area contributed by atoms with Gasteiger partial charge in [0.25, 0.3) is 0 Å². The SMILES string of the molecule is O=C(O)CCc1ccccc1N1CC(O)C1. The van der Waals surface area contributed by atoms with Gasteiger partial charge in [0.05, 0.1) is 6.10 Å². The third kappa shape index (κ3) is 2.33. The standard InChI is InChI=1S/C12H15NO3/c14-10-7-13(8-10)11-4-2-1-3-9(11)5-6-12(15)16/h1-4,10,14H,5-8H2,(H,15,16). The first-order valence-electron chi connectivity index (χ1n) is 5.39. The van der Waals surface area contributed by atoms with Crippen LogP contribution in [-0.4, -0.2) is 35.4 Å². The van der Waals surface area contributed by atoms with E-state index in [1.165, 1.54) is 0 Å². The largest absolute Gasteiger partial charge is 0.481 e. The number of carboxylic acid groups (broad SMARTS) is 1. The Morgan fingerprint density at radius 2 is 2.06 bits per heavy atom. The molecule has 0 spiro atoms. The van der Waals surface area contributed by atoms with Gasteiger partial charge in [0.2, 0.25) is 0 Å². The Balaban J connectivity index is 2.08. The van der Waals surface area contributed by atoms with Gasteiger partial charge in [-0.2, -0.15) is 0 Å². The second-order valence-corrected chi connectivity index (χ2v) is 4.08. The van der Waals surface area contributed by atoms with E-state index >= 15 is 0 Å². The van der Waals surface area contributed by atoms with E-state index in [4.69, 9.17) is 5.11 Å². The van der Waals surface area contributed by atoms with Crippen molar-refractivity contribution in [3.8, 4) is 0 Å². The second-order valence-electron chi connectivity index (χ2n) is 4.08. The van der Waals surface area contributed by atoms with Crippen molar-refractivity contribution >= 4 is 11.7 Å². The van der Waals surface area contributed by atoms with Crippen molar-refractivity contribution in [1.82, 2.24) is 0 Å². The van der Waals surface area contributed by atoms with E-state index in [0.29, 0.717) is 19.5 Å². The van der Waals surface area contributed by atoms with Crippen LogP contribution < -0.4 is 4.90 Å². The van der Waals surface area contributed by atoms with Crippen molar-refractivity contribution in [3.63, 3.8) is 0 Å². The van der Waals surface area contributed by atoms with Gasteiger partial charge in [-0.1, -0.05) is 18.2 Å². The number of aryl methyl sites for hydroxylation is 1. The molecule has 1 saturated heterocycles. The third-order valence-corrected chi connectivity index (χ3v) is 2.80. The highest BCUT2D eigenvalue weighted by molar-refractivity contribution is 5.68.